The quantitative estimate of drug-likeness (QED) is 0.836. The first-order chi connectivity index (χ1) is 9.32. The standard InChI is InChI=1S/C12H19N3O2S3/c1-14(2)9-4-3-7-15(8-9)20(16,17)11-6-5-10(19-11)12(13)18/h5-6,9H,3-4,7-8H2,1-2H3,(H2,13,18). The minimum Gasteiger partial charge on any atom is -0.389 e. The third kappa shape index (κ3) is 3.20. The molecular formula is C12H19N3O2S3. The molecule has 0 saturated carbocycles. The van der Waals surface area contributed by atoms with Crippen molar-refractivity contribution in [1.82, 2.24) is 9.21 Å². The summed E-state index contributed by atoms with van der Waals surface area (Å²) in [6.07, 6.45) is 1.91. The molecule has 0 spiro atoms. The summed E-state index contributed by atoms with van der Waals surface area (Å²) in [5.74, 6) is 0. The highest BCUT2D eigenvalue weighted by Gasteiger charge is 2.32. The van der Waals surface area contributed by atoms with Gasteiger partial charge in [-0.3, -0.25) is 0 Å². The van der Waals surface area contributed by atoms with Crippen LogP contribution in [0.2, 0.25) is 0 Å². The predicted octanol–water partition coefficient (Wildman–Crippen LogP) is 1.10. The molecule has 5 nitrogen and oxygen atoms in total. The van der Waals surface area contributed by atoms with Crippen molar-refractivity contribution in [2.24, 2.45) is 5.73 Å². The molecule has 112 valence electrons. The SMILES string of the molecule is CN(C)C1CCCN(S(=O)(=O)c2ccc(C(N)=S)s2)C1. The van der Waals surface area contributed by atoms with E-state index >= 15 is 0 Å². The highest BCUT2D eigenvalue weighted by molar-refractivity contribution is 7.91. The molecule has 1 fully saturated rings. The van der Waals surface area contributed by atoms with Gasteiger partial charge in [0.05, 0.1) is 4.88 Å². The summed E-state index contributed by atoms with van der Waals surface area (Å²) in [6, 6.07) is 3.54. The molecule has 0 aromatic carbocycles. The van der Waals surface area contributed by atoms with Crippen LogP contribution in [0.15, 0.2) is 16.3 Å². The smallest absolute Gasteiger partial charge is 0.252 e. The second-order valence-corrected chi connectivity index (χ2v) is 8.79. The Hall–Kier alpha value is -0.540. The molecule has 20 heavy (non-hydrogen) atoms. The van der Waals surface area contributed by atoms with Gasteiger partial charge < -0.3 is 10.6 Å². The number of thiocarbonyl (C=S) groups is 1. The summed E-state index contributed by atoms with van der Waals surface area (Å²) in [5.41, 5.74) is 5.54. The number of hydrogen-bond donors (Lipinski definition) is 1. The van der Waals surface area contributed by atoms with Crippen LogP contribution in [0, 0.1) is 0 Å². The van der Waals surface area contributed by atoms with Crippen LogP contribution in [-0.4, -0.2) is 55.8 Å². The Balaban J connectivity index is 2.22. The number of sulfonamides is 1. The first-order valence-electron chi connectivity index (χ1n) is 6.38. The Bertz CT molecular complexity index is 595. The Morgan fingerprint density at radius 2 is 2.20 bits per heavy atom. The average molecular weight is 334 g/mol. The van der Waals surface area contributed by atoms with Gasteiger partial charge in [0.15, 0.2) is 0 Å². The van der Waals surface area contributed by atoms with E-state index in [9.17, 15) is 8.42 Å². The number of likely N-dealkylation sites (N-methyl/N-ethyl adjacent to an activating group) is 1. The van der Waals surface area contributed by atoms with Crippen molar-refractivity contribution >= 4 is 38.6 Å². The van der Waals surface area contributed by atoms with E-state index in [1.807, 2.05) is 14.1 Å². The molecule has 8 heteroatoms. The lowest BCUT2D eigenvalue weighted by molar-refractivity contribution is 0.190. The Kier molecular flexibility index (Phi) is 4.80. The minimum atomic E-state index is -3.43. The molecule has 1 atom stereocenters. The zero-order valence-electron chi connectivity index (χ0n) is 11.6. The molecule has 0 bridgehead atoms. The molecule has 2 N–H and O–H groups in total. The molecular weight excluding hydrogens is 314 g/mol. The van der Waals surface area contributed by atoms with Crippen molar-refractivity contribution in [2.45, 2.75) is 23.1 Å². The van der Waals surface area contributed by atoms with E-state index in [-0.39, 0.29) is 11.0 Å². The van der Waals surface area contributed by atoms with Gasteiger partial charge in [0, 0.05) is 19.1 Å². The molecule has 0 amide bonds. The summed E-state index contributed by atoms with van der Waals surface area (Å²) in [4.78, 5) is 2.96. The van der Waals surface area contributed by atoms with Crippen LogP contribution in [0.25, 0.3) is 0 Å². The lowest BCUT2D eigenvalue weighted by atomic mass is 10.1. The maximum atomic E-state index is 12.6. The Morgan fingerprint density at radius 1 is 1.50 bits per heavy atom. The number of thiophene rings is 1. The zero-order chi connectivity index (χ0) is 14.9. The zero-order valence-corrected chi connectivity index (χ0v) is 14.0. The number of hydrogen-bond acceptors (Lipinski definition) is 5. The molecule has 0 radical (unpaired) electrons. The molecule has 2 heterocycles. The maximum Gasteiger partial charge on any atom is 0.252 e. The van der Waals surface area contributed by atoms with Gasteiger partial charge in [-0.1, -0.05) is 12.2 Å². The van der Waals surface area contributed by atoms with Crippen molar-refractivity contribution in [3.8, 4) is 0 Å². The summed E-state index contributed by atoms with van der Waals surface area (Å²) < 4.78 is 27.1. The lowest BCUT2D eigenvalue weighted by Gasteiger charge is -2.35. The minimum absolute atomic E-state index is 0.237. The van der Waals surface area contributed by atoms with E-state index in [0.717, 1.165) is 24.2 Å². The normalized spacial score (nSPS) is 21.2. The Labute approximate surface area is 129 Å². The van der Waals surface area contributed by atoms with Gasteiger partial charge in [0.1, 0.15) is 9.20 Å². The van der Waals surface area contributed by atoms with E-state index in [1.54, 1.807) is 16.4 Å². The van der Waals surface area contributed by atoms with Crippen LogP contribution in [0.1, 0.15) is 17.7 Å². The average Bonchev–Trinajstić information content (AvgIpc) is 2.89. The molecule has 0 aliphatic carbocycles. The van der Waals surface area contributed by atoms with Gasteiger partial charge in [-0.2, -0.15) is 4.31 Å². The second kappa shape index (κ2) is 6.07. The van der Waals surface area contributed by atoms with Gasteiger partial charge in [-0.25, -0.2) is 8.42 Å². The summed E-state index contributed by atoms with van der Waals surface area (Å²) in [6.45, 7) is 1.11. The van der Waals surface area contributed by atoms with E-state index < -0.39 is 10.0 Å². The van der Waals surface area contributed by atoms with Gasteiger partial charge >= 0.3 is 0 Å². The largest absolute Gasteiger partial charge is 0.389 e. The van der Waals surface area contributed by atoms with Crippen LogP contribution < -0.4 is 5.73 Å². The first-order valence-corrected chi connectivity index (χ1v) is 9.05. The summed E-state index contributed by atoms with van der Waals surface area (Å²) in [7, 11) is 0.535. The highest BCUT2D eigenvalue weighted by atomic mass is 32.2. The van der Waals surface area contributed by atoms with Gasteiger partial charge in [0.2, 0.25) is 0 Å². The van der Waals surface area contributed by atoms with Gasteiger partial charge in [0.25, 0.3) is 10.0 Å². The molecule has 1 unspecified atom stereocenters. The van der Waals surface area contributed by atoms with Gasteiger partial charge in [-0.15, -0.1) is 11.3 Å². The molecule has 1 aliphatic rings. The van der Waals surface area contributed by atoms with Crippen molar-refractivity contribution in [3.05, 3.63) is 17.0 Å². The van der Waals surface area contributed by atoms with Crippen molar-refractivity contribution in [2.75, 3.05) is 27.2 Å². The fourth-order valence-corrected chi connectivity index (χ4v) is 5.30. The third-order valence-electron chi connectivity index (χ3n) is 3.51. The predicted molar refractivity (Wildman–Crippen MR) is 85.7 cm³/mol. The van der Waals surface area contributed by atoms with Gasteiger partial charge in [-0.05, 0) is 39.1 Å². The van der Waals surface area contributed by atoms with Crippen molar-refractivity contribution in [1.29, 1.82) is 0 Å². The summed E-state index contributed by atoms with van der Waals surface area (Å²) in [5, 5.41) is 0. The summed E-state index contributed by atoms with van der Waals surface area (Å²) >= 11 is 6.02. The first kappa shape index (κ1) is 15.8. The lowest BCUT2D eigenvalue weighted by Crippen LogP contribution is -2.47. The molecule has 1 aromatic rings. The number of rotatable bonds is 4. The monoisotopic (exact) mass is 333 g/mol. The molecule has 1 saturated heterocycles. The number of piperidine rings is 1. The fourth-order valence-electron chi connectivity index (χ4n) is 2.28. The van der Waals surface area contributed by atoms with E-state index in [4.69, 9.17) is 18.0 Å². The Morgan fingerprint density at radius 3 is 2.75 bits per heavy atom. The highest BCUT2D eigenvalue weighted by Crippen LogP contribution is 2.27. The second-order valence-electron chi connectivity index (χ2n) is 5.11. The van der Waals surface area contributed by atoms with Crippen LogP contribution in [0.5, 0.6) is 0 Å². The van der Waals surface area contributed by atoms with E-state index in [1.165, 1.54) is 0 Å². The van der Waals surface area contributed by atoms with Crippen LogP contribution >= 0.6 is 23.6 Å². The third-order valence-corrected chi connectivity index (χ3v) is 7.31. The van der Waals surface area contributed by atoms with E-state index in [0.29, 0.717) is 22.2 Å². The molecule has 1 aliphatic heterocycles. The topological polar surface area (TPSA) is 66.6 Å². The fraction of sp³-hybridized carbons (Fsp3) is 0.583. The number of nitrogens with zero attached hydrogens (tertiary/aromatic N) is 2. The van der Waals surface area contributed by atoms with Crippen LogP contribution in [0.4, 0.5) is 0 Å². The van der Waals surface area contributed by atoms with Crippen LogP contribution in [0.3, 0.4) is 0 Å². The molecule has 1 aromatic heterocycles. The van der Waals surface area contributed by atoms with Crippen molar-refractivity contribution in [3.63, 3.8) is 0 Å². The van der Waals surface area contributed by atoms with E-state index in [2.05, 4.69) is 4.90 Å². The van der Waals surface area contributed by atoms with Crippen molar-refractivity contribution < 1.29 is 8.42 Å². The maximum absolute atomic E-state index is 12.6. The van der Waals surface area contributed by atoms with Crippen LogP contribution in [-0.2, 0) is 10.0 Å². The molecule has 2 rings (SSSR count). The number of nitrogens with two attached hydrogens (primary N) is 1.